The zero-order valence-electron chi connectivity index (χ0n) is 8.24. The summed E-state index contributed by atoms with van der Waals surface area (Å²) in [6.07, 6.45) is 0. The summed E-state index contributed by atoms with van der Waals surface area (Å²) in [5, 5.41) is 10.3. The number of nitrogens with zero attached hydrogens (tertiary/aromatic N) is 1. The fraction of sp³-hybridized carbons (Fsp3) is 0.300. The number of phenolic OH excluding ortho intramolecular Hbond substituents is 1. The molecular weight excluding hydrogens is 253 g/mol. The summed E-state index contributed by atoms with van der Waals surface area (Å²) in [5.74, 6) is -0.360. The molecule has 1 amide bonds. The lowest BCUT2D eigenvalue weighted by Crippen LogP contribution is -2.41. The van der Waals surface area contributed by atoms with E-state index >= 15 is 0 Å². The van der Waals surface area contributed by atoms with Crippen LogP contribution in [-0.2, 0) is 9.53 Å². The van der Waals surface area contributed by atoms with Crippen LogP contribution in [0, 0.1) is 0 Å². The number of carbonyl (C=O) groups is 1. The van der Waals surface area contributed by atoms with Gasteiger partial charge in [0.2, 0.25) is 0 Å². The molecule has 1 aliphatic heterocycles. The third-order valence-electron chi connectivity index (χ3n) is 2.28. The lowest BCUT2D eigenvalue weighted by Gasteiger charge is -2.27. The zero-order chi connectivity index (χ0) is 11.7. The second kappa shape index (κ2) is 4.49. The molecule has 1 aliphatic rings. The largest absolute Gasteiger partial charge is 0.504 e. The fourth-order valence-electron chi connectivity index (χ4n) is 1.53. The lowest BCUT2D eigenvalue weighted by atomic mass is 10.2. The molecule has 0 radical (unpaired) electrons. The van der Waals surface area contributed by atoms with E-state index < -0.39 is 0 Å². The maximum atomic E-state index is 11.6. The Morgan fingerprint density at radius 2 is 2.12 bits per heavy atom. The molecule has 86 valence electrons. The quantitative estimate of drug-likeness (QED) is 0.842. The van der Waals surface area contributed by atoms with Gasteiger partial charge in [0, 0.05) is 11.6 Å². The van der Waals surface area contributed by atoms with Crippen molar-refractivity contribution in [2.45, 2.75) is 0 Å². The molecule has 0 aromatic heterocycles. The van der Waals surface area contributed by atoms with Crippen molar-refractivity contribution in [2.24, 2.45) is 0 Å². The molecule has 2 rings (SSSR count). The number of ether oxygens (including phenoxy) is 1. The Labute approximate surface area is 102 Å². The minimum Gasteiger partial charge on any atom is -0.504 e. The first kappa shape index (κ1) is 11.5. The van der Waals surface area contributed by atoms with Crippen molar-refractivity contribution in [1.82, 2.24) is 0 Å². The van der Waals surface area contributed by atoms with Gasteiger partial charge in [-0.3, -0.25) is 4.79 Å². The van der Waals surface area contributed by atoms with Crippen LogP contribution in [0.1, 0.15) is 0 Å². The number of phenols is 1. The van der Waals surface area contributed by atoms with Crippen molar-refractivity contribution < 1.29 is 14.6 Å². The van der Waals surface area contributed by atoms with Gasteiger partial charge in [-0.2, -0.15) is 0 Å². The summed E-state index contributed by atoms with van der Waals surface area (Å²) in [5.41, 5.74) is 0.325. The van der Waals surface area contributed by atoms with Crippen molar-refractivity contribution in [3.05, 3.63) is 22.2 Å². The molecule has 1 N–H and O–H groups in total. The number of anilines is 1. The van der Waals surface area contributed by atoms with Gasteiger partial charge < -0.3 is 14.7 Å². The smallest absolute Gasteiger partial charge is 0.253 e. The van der Waals surface area contributed by atoms with E-state index in [2.05, 4.69) is 0 Å². The van der Waals surface area contributed by atoms with Crippen LogP contribution in [0.25, 0.3) is 0 Å². The third-order valence-corrected chi connectivity index (χ3v) is 2.79. The Hall–Kier alpha value is -0.970. The Morgan fingerprint density at radius 1 is 1.38 bits per heavy atom. The fourth-order valence-corrected chi connectivity index (χ4v) is 2.01. The van der Waals surface area contributed by atoms with Crippen molar-refractivity contribution in [1.29, 1.82) is 0 Å². The number of carbonyl (C=O) groups excluding carboxylic acids is 1. The van der Waals surface area contributed by atoms with E-state index in [1.165, 1.54) is 17.0 Å². The van der Waals surface area contributed by atoms with Crippen LogP contribution in [0.3, 0.4) is 0 Å². The molecule has 1 saturated heterocycles. The molecule has 4 nitrogen and oxygen atoms in total. The second-order valence-electron chi connectivity index (χ2n) is 3.35. The van der Waals surface area contributed by atoms with Crippen molar-refractivity contribution in [3.8, 4) is 5.75 Å². The molecule has 0 aliphatic carbocycles. The molecule has 0 spiro atoms. The molecule has 0 unspecified atom stereocenters. The SMILES string of the molecule is O=C1COCCN1c1cc(Cl)cc(Cl)c1O. The predicted octanol–water partition coefficient (Wildman–Crippen LogP) is 2.06. The highest BCUT2D eigenvalue weighted by molar-refractivity contribution is 6.36. The van der Waals surface area contributed by atoms with E-state index in [0.717, 1.165) is 0 Å². The highest BCUT2D eigenvalue weighted by Gasteiger charge is 2.24. The van der Waals surface area contributed by atoms with Crippen molar-refractivity contribution in [2.75, 3.05) is 24.7 Å². The van der Waals surface area contributed by atoms with Gasteiger partial charge in [0.05, 0.1) is 17.3 Å². The van der Waals surface area contributed by atoms with Crippen LogP contribution in [-0.4, -0.2) is 30.8 Å². The molecule has 1 heterocycles. The van der Waals surface area contributed by atoms with Crippen LogP contribution in [0.4, 0.5) is 5.69 Å². The van der Waals surface area contributed by atoms with Crippen LogP contribution >= 0.6 is 23.2 Å². The van der Waals surface area contributed by atoms with Gasteiger partial charge in [-0.05, 0) is 12.1 Å². The van der Waals surface area contributed by atoms with Gasteiger partial charge >= 0.3 is 0 Å². The van der Waals surface area contributed by atoms with Crippen molar-refractivity contribution >= 4 is 34.8 Å². The van der Waals surface area contributed by atoms with Crippen molar-refractivity contribution in [3.63, 3.8) is 0 Å². The normalized spacial score (nSPS) is 16.6. The first-order valence-electron chi connectivity index (χ1n) is 4.65. The van der Waals surface area contributed by atoms with E-state index in [4.69, 9.17) is 27.9 Å². The number of morpholine rings is 1. The van der Waals surface area contributed by atoms with Gasteiger partial charge in [-0.25, -0.2) is 0 Å². The van der Waals surface area contributed by atoms with E-state index in [9.17, 15) is 9.90 Å². The summed E-state index contributed by atoms with van der Waals surface area (Å²) < 4.78 is 5.00. The summed E-state index contributed by atoms with van der Waals surface area (Å²) in [4.78, 5) is 13.0. The highest BCUT2D eigenvalue weighted by atomic mass is 35.5. The Balaban J connectivity index is 2.42. The van der Waals surface area contributed by atoms with Crippen LogP contribution < -0.4 is 4.90 Å². The number of rotatable bonds is 1. The topological polar surface area (TPSA) is 49.8 Å². The van der Waals surface area contributed by atoms with Gasteiger partial charge in [0.15, 0.2) is 5.75 Å². The molecule has 16 heavy (non-hydrogen) atoms. The average Bonchev–Trinajstić information content (AvgIpc) is 2.24. The second-order valence-corrected chi connectivity index (χ2v) is 4.20. The molecule has 1 fully saturated rings. The van der Waals surface area contributed by atoms with Crippen LogP contribution in [0.2, 0.25) is 10.0 Å². The maximum absolute atomic E-state index is 11.6. The van der Waals surface area contributed by atoms with E-state index in [1.807, 2.05) is 0 Å². The zero-order valence-corrected chi connectivity index (χ0v) is 9.75. The number of aromatic hydroxyl groups is 1. The van der Waals surface area contributed by atoms with E-state index in [1.54, 1.807) is 0 Å². The van der Waals surface area contributed by atoms with Crippen LogP contribution in [0.15, 0.2) is 12.1 Å². The number of benzene rings is 1. The van der Waals surface area contributed by atoms with Gasteiger partial charge in [-0.15, -0.1) is 0 Å². The standard InChI is InChI=1S/C10H9Cl2NO3/c11-6-3-7(12)10(15)8(4-6)13-1-2-16-5-9(13)14/h3-4,15H,1-2,5H2. The first-order valence-corrected chi connectivity index (χ1v) is 5.41. The third kappa shape index (κ3) is 2.09. The highest BCUT2D eigenvalue weighted by Crippen LogP contribution is 2.37. The van der Waals surface area contributed by atoms with E-state index in [0.29, 0.717) is 23.9 Å². The average molecular weight is 262 g/mol. The Morgan fingerprint density at radius 3 is 2.81 bits per heavy atom. The number of hydrogen-bond donors (Lipinski definition) is 1. The number of amides is 1. The molecule has 0 bridgehead atoms. The summed E-state index contributed by atoms with van der Waals surface area (Å²) in [6, 6.07) is 2.93. The summed E-state index contributed by atoms with van der Waals surface area (Å²) >= 11 is 11.6. The molecule has 1 aromatic rings. The lowest BCUT2D eigenvalue weighted by molar-refractivity contribution is -0.125. The summed E-state index contributed by atoms with van der Waals surface area (Å²) in [7, 11) is 0. The van der Waals surface area contributed by atoms with Crippen LogP contribution in [0.5, 0.6) is 5.75 Å². The Kier molecular flexibility index (Phi) is 3.23. The number of halogens is 2. The molecule has 0 atom stereocenters. The maximum Gasteiger partial charge on any atom is 0.253 e. The molecule has 1 aromatic carbocycles. The van der Waals surface area contributed by atoms with Gasteiger partial charge in [-0.1, -0.05) is 23.2 Å². The van der Waals surface area contributed by atoms with Gasteiger partial charge in [0.1, 0.15) is 6.61 Å². The van der Waals surface area contributed by atoms with E-state index in [-0.39, 0.29) is 23.3 Å². The van der Waals surface area contributed by atoms with Gasteiger partial charge in [0.25, 0.3) is 5.91 Å². The Bertz CT molecular complexity index is 436. The molecule has 0 saturated carbocycles. The monoisotopic (exact) mass is 261 g/mol. The minimum absolute atomic E-state index is 0.00354. The minimum atomic E-state index is -0.222. The molecule has 6 heteroatoms. The predicted molar refractivity (Wildman–Crippen MR) is 61.3 cm³/mol. The summed E-state index contributed by atoms with van der Waals surface area (Å²) in [6.45, 7) is 0.807. The molecular formula is C10H9Cl2NO3. The number of hydrogen-bond acceptors (Lipinski definition) is 3. The first-order chi connectivity index (χ1) is 7.59.